The normalized spacial score (nSPS) is 20.6. The maximum absolute atomic E-state index is 5.51. The van der Waals surface area contributed by atoms with Crippen LogP contribution in [0, 0.1) is 0 Å². The molecule has 1 aliphatic rings. The van der Waals surface area contributed by atoms with Crippen molar-refractivity contribution >= 4 is 5.71 Å². The van der Waals surface area contributed by atoms with Crippen LogP contribution in [0.2, 0.25) is 0 Å². The van der Waals surface area contributed by atoms with Gasteiger partial charge in [0, 0.05) is 5.56 Å². The Hall–Kier alpha value is -1.31. The summed E-state index contributed by atoms with van der Waals surface area (Å²) in [5.41, 5.74) is 7.01. The van der Waals surface area contributed by atoms with E-state index in [0.717, 1.165) is 12.1 Å². The van der Waals surface area contributed by atoms with Crippen molar-refractivity contribution in [3.63, 3.8) is 0 Å². The number of benzene rings is 1. The lowest BCUT2D eigenvalue weighted by Crippen LogP contribution is -2.34. The van der Waals surface area contributed by atoms with Crippen LogP contribution in [0.15, 0.2) is 17.2 Å². The zero-order chi connectivity index (χ0) is 15.1. The van der Waals surface area contributed by atoms with Crippen molar-refractivity contribution in [1.82, 2.24) is 0 Å². The molecule has 0 atom stereocenters. The van der Waals surface area contributed by atoms with E-state index in [4.69, 9.17) is 5.84 Å². The third-order valence-electron chi connectivity index (χ3n) is 5.04. The van der Waals surface area contributed by atoms with Gasteiger partial charge < -0.3 is 5.84 Å². The van der Waals surface area contributed by atoms with Gasteiger partial charge in [-0.1, -0.05) is 40.7 Å². The number of aryl methyl sites for hydroxylation is 1. The van der Waals surface area contributed by atoms with Crippen molar-refractivity contribution in [2.24, 2.45) is 10.9 Å². The molecule has 20 heavy (non-hydrogen) atoms. The second kappa shape index (κ2) is 4.91. The average molecular weight is 272 g/mol. The fourth-order valence-electron chi connectivity index (χ4n) is 3.36. The highest BCUT2D eigenvalue weighted by atomic mass is 15.1. The number of hydrogen-bond acceptors (Lipinski definition) is 2. The summed E-state index contributed by atoms with van der Waals surface area (Å²) >= 11 is 0. The van der Waals surface area contributed by atoms with Crippen molar-refractivity contribution in [3.8, 4) is 0 Å². The standard InChI is InChI=1S/C18H28N2/c1-7-13-10-15-16(11-14(13)12(2)20-19)18(5,6)9-8-17(15,3)4/h10-11H,7-9,19H2,1-6H3/b20-12+. The van der Waals surface area contributed by atoms with E-state index in [1.54, 1.807) is 0 Å². The van der Waals surface area contributed by atoms with E-state index in [0.29, 0.717) is 0 Å². The van der Waals surface area contributed by atoms with Crippen LogP contribution in [0.3, 0.4) is 0 Å². The van der Waals surface area contributed by atoms with Gasteiger partial charge in [0.15, 0.2) is 0 Å². The third-order valence-corrected chi connectivity index (χ3v) is 5.04. The van der Waals surface area contributed by atoms with Crippen LogP contribution in [0.25, 0.3) is 0 Å². The molecule has 0 heterocycles. The van der Waals surface area contributed by atoms with Gasteiger partial charge in [-0.25, -0.2) is 0 Å². The molecule has 0 aromatic heterocycles. The fraction of sp³-hybridized carbons (Fsp3) is 0.611. The molecule has 2 rings (SSSR count). The van der Waals surface area contributed by atoms with E-state index >= 15 is 0 Å². The Morgan fingerprint density at radius 2 is 1.60 bits per heavy atom. The quantitative estimate of drug-likeness (QED) is 0.487. The molecule has 0 radical (unpaired) electrons. The van der Waals surface area contributed by atoms with E-state index < -0.39 is 0 Å². The van der Waals surface area contributed by atoms with Crippen LogP contribution >= 0.6 is 0 Å². The Morgan fingerprint density at radius 3 is 2.05 bits per heavy atom. The molecule has 0 fully saturated rings. The van der Waals surface area contributed by atoms with Crippen molar-refractivity contribution in [1.29, 1.82) is 0 Å². The van der Waals surface area contributed by atoms with Crippen LogP contribution in [0.4, 0.5) is 0 Å². The highest BCUT2D eigenvalue weighted by molar-refractivity contribution is 6.00. The molecule has 0 saturated heterocycles. The van der Waals surface area contributed by atoms with E-state index in [9.17, 15) is 0 Å². The Labute approximate surface area is 123 Å². The predicted molar refractivity (Wildman–Crippen MR) is 87.5 cm³/mol. The molecule has 2 nitrogen and oxygen atoms in total. The Balaban J connectivity index is 2.74. The SMILES string of the molecule is CCc1cc2c(cc1/C(C)=N/N)C(C)(C)CCC2(C)C. The highest BCUT2D eigenvalue weighted by Crippen LogP contribution is 2.46. The second-order valence-corrected chi connectivity index (χ2v) is 7.39. The minimum absolute atomic E-state index is 0.237. The van der Waals surface area contributed by atoms with Crippen molar-refractivity contribution in [2.75, 3.05) is 0 Å². The minimum Gasteiger partial charge on any atom is -0.323 e. The number of nitrogens with two attached hydrogens (primary N) is 1. The van der Waals surface area contributed by atoms with Gasteiger partial charge in [0.05, 0.1) is 5.71 Å². The topological polar surface area (TPSA) is 38.4 Å². The summed E-state index contributed by atoms with van der Waals surface area (Å²) < 4.78 is 0. The van der Waals surface area contributed by atoms with Crippen LogP contribution in [-0.2, 0) is 17.3 Å². The van der Waals surface area contributed by atoms with Gasteiger partial charge in [-0.2, -0.15) is 5.10 Å². The molecule has 0 saturated carbocycles. The van der Waals surface area contributed by atoms with E-state index in [1.165, 1.54) is 35.1 Å². The minimum atomic E-state index is 0.237. The van der Waals surface area contributed by atoms with Crippen LogP contribution in [0.5, 0.6) is 0 Å². The van der Waals surface area contributed by atoms with Crippen LogP contribution in [-0.4, -0.2) is 5.71 Å². The first-order valence-corrected chi connectivity index (χ1v) is 7.65. The van der Waals surface area contributed by atoms with Crippen molar-refractivity contribution < 1.29 is 0 Å². The summed E-state index contributed by atoms with van der Waals surface area (Å²) in [5.74, 6) is 5.51. The number of hydrazone groups is 1. The first kappa shape index (κ1) is 15.1. The summed E-state index contributed by atoms with van der Waals surface area (Å²) in [5, 5.41) is 3.92. The summed E-state index contributed by atoms with van der Waals surface area (Å²) in [4.78, 5) is 0. The molecule has 2 heteroatoms. The Bertz CT molecular complexity index is 551. The third kappa shape index (κ3) is 2.36. The smallest absolute Gasteiger partial charge is 0.0644 e. The predicted octanol–water partition coefficient (Wildman–Crippen LogP) is 4.28. The molecule has 0 aliphatic heterocycles. The van der Waals surface area contributed by atoms with E-state index in [1.807, 2.05) is 6.92 Å². The summed E-state index contributed by atoms with van der Waals surface area (Å²) in [6.07, 6.45) is 3.50. The molecule has 0 unspecified atom stereocenters. The van der Waals surface area contributed by atoms with Crippen molar-refractivity contribution in [3.05, 3.63) is 34.4 Å². The van der Waals surface area contributed by atoms with Gasteiger partial charge in [0.25, 0.3) is 0 Å². The monoisotopic (exact) mass is 272 g/mol. The fourth-order valence-corrected chi connectivity index (χ4v) is 3.36. The lowest BCUT2D eigenvalue weighted by atomic mass is 9.62. The van der Waals surface area contributed by atoms with E-state index in [-0.39, 0.29) is 10.8 Å². The molecule has 0 bridgehead atoms. The van der Waals surface area contributed by atoms with Crippen molar-refractivity contribution in [2.45, 2.75) is 71.6 Å². The van der Waals surface area contributed by atoms with Crippen LogP contribution in [0.1, 0.15) is 76.6 Å². The summed E-state index contributed by atoms with van der Waals surface area (Å²) in [7, 11) is 0. The summed E-state index contributed by atoms with van der Waals surface area (Å²) in [6.45, 7) is 13.6. The lowest BCUT2D eigenvalue weighted by Gasteiger charge is -2.42. The molecule has 1 aromatic rings. The molecular formula is C18H28N2. The molecule has 0 amide bonds. The van der Waals surface area contributed by atoms with Gasteiger partial charge in [-0.05, 0) is 59.8 Å². The molecule has 1 aliphatic carbocycles. The number of rotatable bonds is 2. The molecule has 2 N–H and O–H groups in total. The van der Waals surface area contributed by atoms with Crippen LogP contribution < -0.4 is 5.84 Å². The summed E-state index contributed by atoms with van der Waals surface area (Å²) in [6, 6.07) is 4.75. The Kier molecular flexibility index (Phi) is 3.70. The highest BCUT2D eigenvalue weighted by Gasteiger charge is 2.37. The Morgan fingerprint density at radius 1 is 1.10 bits per heavy atom. The zero-order valence-corrected chi connectivity index (χ0v) is 13.8. The number of nitrogens with zero attached hydrogens (tertiary/aromatic N) is 1. The maximum Gasteiger partial charge on any atom is 0.0644 e. The number of fused-ring (bicyclic) bond motifs is 1. The van der Waals surface area contributed by atoms with Gasteiger partial charge in [0.2, 0.25) is 0 Å². The molecular weight excluding hydrogens is 244 g/mol. The second-order valence-electron chi connectivity index (χ2n) is 7.39. The average Bonchev–Trinajstić information content (AvgIpc) is 2.42. The first-order valence-electron chi connectivity index (χ1n) is 7.65. The largest absolute Gasteiger partial charge is 0.323 e. The molecule has 0 spiro atoms. The molecule has 110 valence electrons. The van der Waals surface area contributed by atoms with Gasteiger partial charge in [-0.15, -0.1) is 0 Å². The molecule has 1 aromatic carbocycles. The maximum atomic E-state index is 5.51. The zero-order valence-electron chi connectivity index (χ0n) is 13.8. The number of hydrogen-bond donors (Lipinski definition) is 1. The van der Waals surface area contributed by atoms with Gasteiger partial charge in [-0.3, -0.25) is 0 Å². The van der Waals surface area contributed by atoms with E-state index in [2.05, 4.69) is 51.9 Å². The van der Waals surface area contributed by atoms with Gasteiger partial charge in [0.1, 0.15) is 0 Å². The lowest BCUT2D eigenvalue weighted by molar-refractivity contribution is 0.331. The first-order chi connectivity index (χ1) is 9.23. The van der Waals surface area contributed by atoms with Gasteiger partial charge >= 0.3 is 0 Å².